The van der Waals surface area contributed by atoms with E-state index in [1.807, 2.05) is 13.8 Å². The number of nitrogens with zero attached hydrogens (tertiary/aromatic N) is 2. The first kappa shape index (κ1) is 17.9. The van der Waals surface area contributed by atoms with Crippen molar-refractivity contribution in [1.82, 2.24) is 15.6 Å². The molecule has 0 spiro atoms. The zero-order chi connectivity index (χ0) is 15.5. The van der Waals surface area contributed by atoms with Crippen molar-refractivity contribution < 1.29 is 4.74 Å². The Kier molecular flexibility index (Phi) is 9.01. The lowest BCUT2D eigenvalue weighted by atomic mass is 10.3. The fourth-order valence-electron chi connectivity index (χ4n) is 1.65. The molecule has 5 nitrogen and oxygen atoms in total. The van der Waals surface area contributed by atoms with E-state index < -0.39 is 0 Å². The molecule has 2 N–H and O–H groups in total. The molecular formula is C15H28N4OS. The van der Waals surface area contributed by atoms with Crippen LogP contribution in [-0.2, 0) is 11.3 Å². The smallest absolute Gasteiger partial charge is 0.191 e. The third kappa shape index (κ3) is 8.02. The van der Waals surface area contributed by atoms with Gasteiger partial charge < -0.3 is 15.4 Å². The molecule has 0 aliphatic heterocycles. The van der Waals surface area contributed by atoms with Crippen molar-refractivity contribution in [2.75, 3.05) is 19.8 Å². The van der Waals surface area contributed by atoms with Crippen molar-refractivity contribution in [3.8, 4) is 0 Å². The number of hydrogen-bond donors (Lipinski definition) is 2. The minimum atomic E-state index is 0.403. The zero-order valence-corrected chi connectivity index (χ0v) is 14.4. The number of aryl methyl sites for hydroxylation is 1. The van der Waals surface area contributed by atoms with Gasteiger partial charge in [0.15, 0.2) is 5.96 Å². The van der Waals surface area contributed by atoms with E-state index in [0.717, 1.165) is 49.3 Å². The van der Waals surface area contributed by atoms with Crippen molar-refractivity contribution in [1.29, 1.82) is 0 Å². The lowest BCUT2D eigenvalue weighted by Gasteiger charge is -2.17. The molecule has 1 heterocycles. The van der Waals surface area contributed by atoms with Crippen LogP contribution in [-0.4, -0.2) is 36.7 Å². The quantitative estimate of drug-likeness (QED) is 0.418. The summed E-state index contributed by atoms with van der Waals surface area (Å²) in [6.07, 6.45) is 2.04. The first-order valence-electron chi connectivity index (χ1n) is 7.69. The molecule has 0 saturated carbocycles. The van der Waals surface area contributed by atoms with Crippen LogP contribution >= 0.6 is 11.3 Å². The number of hydrogen-bond acceptors (Lipinski definition) is 4. The highest BCUT2D eigenvalue weighted by Crippen LogP contribution is 2.08. The van der Waals surface area contributed by atoms with Gasteiger partial charge in [-0.1, -0.05) is 6.92 Å². The number of ether oxygens (including phenoxy) is 1. The fourth-order valence-corrected chi connectivity index (χ4v) is 2.26. The third-order valence-electron chi connectivity index (χ3n) is 3.02. The second-order valence-corrected chi connectivity index (χ2v) is 6.02. The molecule has 0 saturated heterocycles. The number of aliphatic imine (C=N–C) groups is 1. The van der Waals surface area contributed by atoms with Crippen molar-refractivity contribution in [2.24, 2.45) is 4.99 Å². The van der Waals surface area contributed by atoms with Gasteiger partial charge in [-0.05, 0) is 33.6 Å². The van der Waals surface area contributed by atoms with Crippen LogP contribution in [0.2, 0.25) is 0 Å². The fraction of sp³-hybridized carbons (Fsp3) is 0.733. The van der Waals surface area contributed by atoms with Crippen LogP contribution in [0.25, 0.3) is 0 Å². The van der Waals surface area contributed by atoms with Crippen LogP contribution < -0.4 is 10.6 Å². The molecule has 120 valence electrons. The van der Waals surface area contributed by atoms with Crippen LogP contribution in [0.4, 0.5) is 0 Å². The summed E-state index contributed by atoms with van der Waals surface area (Å²) in [5, 5.41) is 9.91. The topological polar surface area (TPSA) is 58.5 Å². The van der Waals surface area contributed by atoms with Gasteiger partial charge in [-0.15, -0.1) is 11.3 Å². The first-order chi connectivity index (χ1) is 10.2. The van der Waals surface area contributed by atoms with Gasteiger partial charge in [0, 0.05) is 31.2 Å². The molecule has 0 fully saturated rings. The molecule has 0 radical (unpaired) electrons. The van der Waals surface area contributed by atoms with Gasteiger partial charge in [0.25, 0.3) is 0 Å². The SMILES string of the molecule is CCOCCCNC(=NCc1csc(C)n1)N[C@@H](C)CC. The lowest BCUT2D eigenvalue weighted by Crippen LogP contribution is -2.42. The average Bonchev–Trinajstić information content (AvgIpc) is 2.89. The highest BCUT2D eigenvalue weighted by Gasteiger charge is 2.04. The Hall–Kier alpha value is -1.14. The molecule has 1 aromatic heterocycles. The zero-order valence-electron chi connectivity index (χ0n) is 13.6. The molecule has 1 aromatic rings. The molecular weight excluding hydrogens is 284 g/mol. The molecule has 1 atom stereocenters. The molecule has 0 bridgehead atoms. The number of nitrogens with one attached hydrogen (secondary N) is 2. The molecule has 0 aromatic carbocycles. The summed E-state index contributed by atoms with van der Waals surface area (Å²) in [5.74, 6) is 0.853. The Morgan fingerprint density at radius 1 is 1.48 bits per heavy atom. The van der Waals surface area contributed by atoms with E-state index in [1.54, 1.807) is 11.3 Å². The van der Waals surface area contributed by atoms with Gasteiger partial charge in [0.2, 0.25) is 0 Å². The minimum Gasteiger partial charge on any atom is -0.382 e. The summed E-state index contributed by atoms with van der Waals surface area (Å²) < 4.78 is 5.34. The first-order valence-corrected chi connectivity index (χ1v) is 8.57. The maximum atomic E-state index is 5.34. The van der Waals surface area contributed by atoms with Crippen molar-refractivity contribution >= 4 is 17.3 Å². The number of guanidine groups is 1. The molecule has 6 heteroatoms. The van der Waals surface area contributed by atoms with Crippen LogP contribution in [0.1, 0.15) is 44.3 Å². The van der Waals surface area contributed by atoms with E-state index in [0.29, 0.717) is 12.6 Å². The monoisotopic (exact) mass is 312 g/mol. The molecule has 0 amide bonds. The van der Waals surface area contributed by atoms with E-state index in [-0.39, 0.29) is 0 Å². The summed E-state index contributed by atoms with van der Waals surface area (Å²) in [6, 6.07) is 0.403. The van der Waals surface area contributed by atoms with Crippen molar-refractivity contribution in [3.63, 3.8) is 0 Å². The van der Waals surface area contributed by atoms with Gasteiger partial charge >= 0.3 is 0 Å². The van der Waals surface area contributed by atoms with Gasteiger partial charge in [-0.2, -0.15) is 0 Å². The highest BCUT2D eigenvalue weighted by molar-refractivity contribution is 7.09. The van der Waals surface area contributed by atoms with Crippen molar-refractivity contribution in [3.05, 3.63) is 16.1 Å². The maximum absolute atomic E-state index is 5.34. The lowest BCUT2D eigenvalue weighted by molar-refractivity contribution is 0.145. The summed E-state index contributed by atoms with van der Waals surface area (Å²) in [4.78, 5) is 9.05. The standard InChI is InChI=1S/C15H28N4OS/c1-5-12(3)18-15(16-8-7-9-20-6-2)17-10-14-11-21-13(4)19-14/h11-12H,5-10H2,1-4H3,(H2,16,17,18)/t12-/m0/s1. The van der Waals surface area contributed by atoms with E-state index >= 15 is 0 Å². The Labute approximate surface area is 132 Å². The Morgan fingerprint density at radius 3 is 2.90 bits per heavy atom. The predicted octanol–water partition coefficient (Wildman–Crippen LogP) is 2.71. The van der Waals surface area contributed by atoms with Crippen LogP contribution in [0.15, 0.2) is 10.4 Å². The molecule has 0 aliphatic rings. The second-order valence-electron chi connectivity index (χ2n) is 4.95. The minimum absolute atomic E-state index is 0.403. The largest absolute Gasteiger partial charge is 0.382 e. The Balaban J connectivity index is 2.46. The summed E-state index contributed by atoms with van der Waals surface area (Å²) in [7, 11) is 0. The second kappa shape index (κ2) is 10.6. The van der Waals surface area contributed by atoms with Crippen LogP contribution in [0.3, 0.4) is 0 Å². The van der Waals surface area contributed by atoms with Gasteiger partial charge in [0.1, 0.15) is 0 Å². The van der Waals surface area contributed by atoms with E-state index in [4.69, 9.17) is 4.74 Å². The molecule has 1 rings (SSSR count). The number of thiazole rings is 1. The Bertz CT molecular complexity index is 420. The predicted molar refractivity (Wildman–Crippen MR) is 90.0 cm³/mol. The molecule has 0 aliphatic carbocycles. The van der Waals surface area contributed by atoms with Gasteiger partial charge in [-0.3, -0.25) is 0 Å². The summed E-state index contributed by atoms with van der Waals surface area (Å²) in [5.41, 5.74) is 1.03. The number of aromatic nitrogens is 1. The number of rotatable bonds is 9. The Morgan fingerprint density at radius 2 is 2.29 bits per heavy atom. The van der Waals surface area contributed by atoms with E-state index in [1.165, 1.54) is 0 Å². The summed E-state index contributed by atoms with van der Waals surface area (Å²) in [6.45, 7) is 11.4. The highest BCUT2D eigenvalue weighted by atomic mass is 32.1. The molecule has 0 unspecified atom stereocenters. The maximum Gasteiger partial charge on any atom is 0.191 e. The van der Waals surface area contributed by atoms with Crippen LogP contribution in [0.5, 0.6) is 0 Å². The van der Waals surface area contributed by atoms with Crippen LogP contribution in [0, 0.1) is 6.92 Å². The summed E-state index contributed by atoms with van der Waals surface area (Å²) >= 11 is 1.66. The van der Waals surface area contributed by atoms with Gasteiger partial charge in [0.05, 0.1) is 17.2 Å². The van der Waals surface area contributed by atoms with E-state index in [9.17, 15) is 0 Å². The van der Waals surface area contributed by atoms with Crippen molar-refractivity contribution in [2.45, 2.75) is 53.1 Å². The van der Waals surface area contributed by atoms with Gasteiger partial charge in [-0.25, -0.2) is 9.98 Å². The molecule has 21 heavy (non-hydrogen) atoms. The average molecular weight is 312 g/mol. The normalized spacial score (nSPS) is 13.2. The van der Waals surface area contributed by atoms with E-state index in [2.05, 4.69) is 39.8 Å². The third-order valence-corrected chi connectivity index (χ3v) is 3.85.